The zero-order valence-electron chi connectivity index (χ0n) is 7.63. The van der Waals surface area contributed by atoms with E-state index in [-0.39, 0.29) is 12.6 Å². The molecule has 3 heteroatoms. The van der Waals surface area contributed by atoms with Crippen LogP contribution in [0.3, 0.4) is 0 Å². The first-order valence-electron chi connectivity index (χ1n) is 4.27. The van der Waals surface area contributed by atoms with Crippen molar-refractivity contribution < 1.29 is 5.11 Å². The molecule has 0 saturated carbocycles. The standard InChI is InChI=1S/C10H14ClNO/c1-7-2-3-8(6-9(7)11)10(12)4-5-13/h2-3,6,10,13H,4-5,12H2,1H3/t10-/m1/s1. The molecule has 0 spiro atoms. The van der Waals surface area contributed by atoms with Gasteiger partial charge >= 0.3 is 0 Å². The van der Waals surface area contributed by atoms with Crippen molar-refractivity contribution in [3.63, 3.8) is 0 Å². The van der Waals surface area contributed by atoms with Crippen LogP contribution in [0.25, 0.3) is 0 Å². The van der Waals surface area contributed by atoms with Crippen LogP contribution in [0.4, 0.5) is 0 Å². The number of aliphatic hydroxyl groups excluding tert-OH is 1. The molecule has 72 valence electrons. The molecule has 0 aliphatic carbocycles. The Hall–Kier alpha value is -0.570. The highest BCUT2D eigenvalue weighted by molar-refractivity contribution is 6.31. The molecule has 1 atom stereocenters. The van der Waals surface area contributed by atoms with Gasteiger partial charge in [0.05, 0.1) is 0 Å². The smallest absolute Gasteiger partial charge is 0.0449 e. The minimum atomic E-state index is -0.122. The van der Waals surface area contributed by atoms with Crippen LogP contribution in [0.1, 0.15) is 23.6 Å². The minimum Gasteiger partial charge on any atom is -0.396 e. The third kappa shape index (κ3) is 2.69. The van der Waals surface area contributed by atoms with Gasteiger partial charge < -0.3 is 10.8 Å². The Balaban J connectivity index is 2.84. The van der Waals surface area contributed by atoms with Crippen LogP contribution >= 0.6 is 11.6 Å². The molecule has 0 bridgehead atoms. The fraction of sp³-hybridized carbons (Fsp3) is 0.400. The molecule has 0 unspecified atom stereocenters. The highest BCUT2D eigenvalue weighted by Gasteiger charge is 2.06. The largest absolute Gasteiger partial charge is 0.396 e. The van der Waals surface area contributed by atoms with E-state index in [1.807, 2.05) is 25.1 Å². The molecule has 0 aliphatic heterocycles. The molecule has 0 aliphatic rings. The molecule has 1 aromatic rings. The average Bonchev–Trinajstić information content (AvgIpc) is 2.10. The molecule has 0 fully saturated rings. The van der Waals surface area contributed by atoms with E-state index < -0.39 is 0 Å². The van der Waals surface area contributed by atoms with Crippen molar-refractivity contribution in [3.8, 4) is 0 Å². The fourth-order valence-electron chi connectivity index (χ4n) is 1.15. The van der Waals surface area contributed by atoms with Gasteiger partial charge in [-0.2, -0.15) is 0 Å². The predicted octanol–water partition coefficient (Wildman–Crippen LogP) is 2.03. The first-order chi connectivity index (χ1) is 6.15. The Morgan fingerprint density at radius 2 is 2.23 bits per heavy atom. The first kappa shape index (κ1) is 10.5. The van der Waals surface area contributed by atoms with E-state index in [1.54, 1.807) is 0 Å². The third-order valence-electron chi connectivity index (χ3n) is 2.06. The van der Waals surface area contributed by atoms with Gasteiger partial charge in [-0.15, -0.1) is 0 Å². The Labute approximate surface area is 83.3 Å². The van der Waals surface area contributed by atoms with Crippen LogP contribution in [-0.4, -0.2) is 11.7 Å². The van der Waals surface area contributed by atoms with E-state index >= 15 is 0 Å². The molecule has 0 radical (unpaired) electrons. The normalized spacial score (nSPS) is 12.9. The fourth-order valence-corrected chi connectivity index (χ4v) is 1.33. The summed E-state index contributed by atoms with van der Waals surface area (Å²) in [5, 5.41) is 9.44. The van der Waals surface area contributed by atoms with E-state index in [0.717, 1.165) is 16.1 Å². The van der Waals surface area contributed by atoms with Crippen LogP contribution in [0.2, 0.25) is 5.02 Å². The number of aliphatic hydroxyl groups is 1. The zero-order valence-corrected chi connectivity index (χ0v) is 8.38. The highest BCUT2D eigenvalue weighted by atomic mass is 35.5. The summed E-state index contributed by atoms with van der Waals surface area (Å²) in [4.78, 5) is 0. The van der Waals surface area contributed by atoms with Gasteiger partial charge in [0.1, 0.15) is 0 Å². The van der Waals surface area contributed by atoms with Gasteiger partial charge in [0.2, 0.25) is 0 Å². The number of rotatable bonds is 3. The van der Waals surface area contributed by atoms with Crippen LogP contribution in [0, 0.1) is 6.92 Å². The lowest BCUT2D eigenvalue weighted by Crippen LogP contribution is -2.11. The second kappa shape index (κ2) is 4.61. The zero-order chi connectivity index (χ0) is 9.84. The van der Waals surface area contributed by atoms with Crippen molar-refractivity contribution in [1.29, 1.82) is 0 Å². The van der Waals surface area contributed by atoms with E-state index in [1.165, 1.54) is 0 Å². The maximum Gasteiger partial charge on any atom is 0.0449 e. The number of hydrogen-bond donors (Lipinski definition) is 2. The van der Waals surface area contributed by atoms with Crippen molar-refractivity contribution >= 4 is 11.6 Å². The summed E-state index contributed by atoms with van der Waals surface area (Å²) in [5.74, 6) is 0. The lowest BCUT2D eigenvalue weighted by molar-refractivity contribution is 0.276. The van der Waals surface area contributed by atoms with Crippen molar-refractivity contribution in [3.05, 3.63) is 34.3 Å². The molecule has 1 aromatic carbocycles. The quantitative estimate of drug-likeness (QED) is 0.783. The Kier molecular flexibility index (Phi) is 3.72. The van der Waals surface area contributed by atoms with Gasteiger partial charge in [0.15, 0.2) is 0 Å². The highest BCUT2D eigenvalue weighted by Crippen LogP contribution is 2.21. The monoisotopic (exact) mass is 199 g/mol. The van der Waals surface area contributed by atoms with Crippen LogP contribution in [0.5, 0.6) is 0 Å². The number of nitrogens with two attached hydrogens (primary N) is 1. The second-order valence-corrected chi connectivity index (χ2v) is 3.53. The summed E-state index contributed by atoms with van der Waals surface area (Å²) in [6, 6.07) is 5.62. The summed E-state index contributed by atoms with van der Waals surface area (Å²) >= 11 is 5.94. The van der Waals surface area contributed by atoms with E-state index in [4.69, 9.17) is 22.4 Å². The molecule has 3 N–H and O–H groups in total. The Bertz CT molecular complexity index is 288. The van der Waals surface area contributed by atoms with Crippen molar-refractivity contribution in [2.75, 3.05) is 6.61 Å². The van der Waals surface area contributed by atoms with Crippen LogP contribution < -0.4 is 5.73 Å². The number of benzene rings is 1. The van der Waals surface area contributed by atoms with Crippen molar-refractivity contribution in [1.82, 2.24) is 0 Å². The maximum absolute atomic E-state index is 8.71. The topological polar surface area (TPSA) is 46.2 Å². The summed E-state index contributed by atoms with van der Waals surface area (Å²) in [7, 11) is 0. The first-order valence-corrected chi connectivity index (χ1v) is 4.65. The molecule has 0 aromatic heterocycles. The predicted molar refractivity (Wildman–Crippen MR) is 54.8 cm³/mol. The van der Waals surface area contributed by atoms with E-state index in [0.29, 0.717) is 6.42 Å². The SMILES string of the molecule is Cc1ccc([C@H](N)CCO)cc1Cl. The van der Waals surface area contributed by atoms with Gasteiger partial charge in [0, 0.05) is 17.7 Å². The molecular weight excluding hydrogens is 186 g/mol. The number of halogens is 1. The van der Waals surface area contributed by atoms with Crippen molar-refractivity contribution in [2.24, 2.45) is 5.73 Å². The Morgan fingerprint density at radius 3 is 2.77 bits per heavy atom. The lowest BCUT2D eigenvalue weighted by Gasteiger charge is -2.11. The van der Waals surface area contributed by atoms with E-state index in [2.05, 4.69) is 0 Å². The van der Waals surface area contributed by atoms with Gasteiger partial charge in [-0.25, -0.2) is 0 Å². The summed E-state index contributed by atoms with van der Waals surface area (Å²) in [6.45, 7) is 2.05. The number of aryl methyl sites for hydroxylation is 1. The summed E-state index contributed by atoms with van der Waals surface area (Å²) in [5.41, 5.74) is 7.83. The average molecular weight is 200 g/mol. The third-order valence-corrected chi connectivity index (χ3v) is 2.47. The van der Waals surface area contributed by atoms with Crippen LogP contribution in [-0.2, 0) is 0 Å². The molecule has 0 heterocycles. The van der Waals surface area contributed by atoms with Gasteiger partial charge in [-0.1, -0.05) is 23.7 Å². The van der Waals surface area contributed by atoms with Crippen LogP contribution in [0.15, 0.2) is 18.2 Å². The Morgan fingerprint density at radius 1 is 1.54 bits per heavy atom. The summed E-state index contributed by atoms with van der Waals surface area (Å²) in [6.07, 6.45) is 0.569. The molecular formula is C10H14ClNO. The number of hydrogen-bond acceptors (Lipinski definition) is 2. The molecule has 0 amide bonds. The minimum absolute atomic E-state index is 0.104. The molecule has 13 heavy (non-hydrogen) atoms. The van der Waals surface area contributed by atoms with Gasteiger partial charge in [-0.05, 0) is 30.5 Å². The second-order valence-electron chi connectivity index (χ2n) is 3.13. The van der Waals surface area contributed by atoms with Crippen molar-refractivity contribution in [2.45, 2.75) is 19.4 Å². The maximum atomic E-state index is 8.71. The summed E-state index contributed by atoms with van der Waals surface area (Å²) < 4.78 is 0. The lowest BCUT2D eigenvalue weighted by atomic mass is 10.0. The van der Waals surface area contributed by atoms with Gasteiger partial charge in [0.25, 0.3) is 0 Å². The molecule has 1 rings (SSSR count). The van der Waals surface area contributed by atoms with Gasteiger partial charge in [-0.3, -0.25) is 0 Å². The molecule has 0 saturated heterocycles. The molecule has 2 nitrogen and oxygen atoms in total. The van der Waals surface area contributed by atoms with E-state index in [9.17, 15) is 0 Å².